The smallest absolute Gasteiger partial charge is 0.263 e. The Hall–Kier alpha value is -3.64. The van der Waals surface area contributed by atoms with Gasteiger partial charge >= 0.3 is 0 Å². The van der Waals surface area contributed by atoms with E-state index in [1.807, 2.05) is 42.5 Å². The van der Waals surface area contributed by atoms with Gasteiger partial charge in [0.25, 0.3) is 5.91 Å². The van der Waals surface area contributed by atoms with Crippen molar-refractivity contribution in [1.29, 1.82) is 0 Å². The Morgan fingerprint density at radius 3 is 2.61 bits per heavy atom. The van der Waals surface area contributed by atoms with Crippen LogP contribution in [0.2, 0.25) is 5.02 Å². The zero-order valence-electron chi connectivity index (χ0n) is 14.7. The lowest BCUT2D eigenvalue weighted by Crippen LogP contribution is -2.21. The van der Waals surface area contributed by atoms with E-state index < -0.39 is 0 Å². The van der Waals surface area contributed by atoms with Crippen LogP contribution in [0.4, 0.5) is 0 Å². The van der Waals surface area contributed by atoms with Crippen molar-refractivity contribution in [2.75, 3.05) is 0 Å². The summed E-state index contributed by atoms with van der Waals surface area (Å²) in [5.74, 6) is -0.296. The lowest BCUT2D eigenvalue weighted by Gasteiger charge is -2.08. The molecule has 0 unspecified atom stereocenters. The van der Waals surface area contributed by atoms with Crippen molar-refractivity contribution in [2.24, 2.45) is 21.7 Å². The molecule has 0 amide bonds. The van der Waals surface area contributed by atoms with Gasteiger partial charge in [0, 0.05) is 27.7 Å². The fraction of sp³-hybridized carbons (Fsp3) is 0. The quantitative estimate of drug-likeness (QED) is 0.317. The van der Waals surface area contributed by atoms with Crippen LogP contribution in [0.1, 0.15) is 15.9 Å². The van der Waals surface area contributed by atoms with Crippen LogP contribution in [-0.4, -0.2) is 22.6 Å². The van der Waals surface area contributed by atoms with E-state index in [2.05, 4.69) is 10.2 Å². The monoisotopic (exact) mass is 389 g/mol. The summed E-state index contributed by atoms with van der Waals surface area (Å²) in [6.07, 6.45) is 3.20. The molecule has 4 rings (SSSR count). The summed E-state index contributed by atoms with van der Waals surface area (Å²) in [5.41, 5.74) is 12.6. The average Bonchev–Trinajstić information content (AvgIpc) is 3.04. The maximum atomic E-state index is 13.4. The predicted octanol–water partition coefficient (Wildman–Crippen LogP) is 3.74. The van der Waals surface area contributed by atoms with Crippen LogP contribution in [0.5, 0.6) is 0 Å². The van der Waals surface area contributed by atoms with Crippen LogP contribution in [0.15, 0.2) is 77.1 Å². The second-order valence-electron chi connectivity index (χ2n) is 6.22. The maximum absolute atomic E-state index is 13.4. The molecule has 0 saturated carbocycles. The van der Waals surface area contributed by atoms with Crippen molar-refractivity contribution >= 4 is 51.4 Å². The molecule has 0 spiro atoms. The van der Waals surface area contributed by atoms with Gasteiger partial charge in [-0.05, 0) is 35.0 Å². The third-order valence-corrected chi connectivity index (χ3v) is 4.64. The first-order chi connectivity index (χ1) is 13.5. The Balaban J connectivity index is 1.90. The molecule has 7 heteroatoms. The SMILES string of the molecule is NC(N)=NN=Cc1cn(C(=O)c2cccc3ccccc23)c2ccc(Cl)cc12. The van der Waals surface area contributed by atoms with Gasteiger partial charge in [0.15, 0.2) is 0 Å². The molecule has 0 aliphatic rings. The molecule has 0 atom stereocenters. The maximum Gasteiger partial charge on any atom is 0.263 e. The second kappa shape index (κ2) is 7.17. The molecule has 1 aromatic heterocycles. The zero-order chi connectivity index (χ0) is 19.7. The molecule has 6 nitrogen and oxygen atoms in total. The Bertz CT molecular complexity index is 1260. The molecule has 3 aromatic carbocycles. The van der Waals surface area contributed by atoms with Gasteiger partial charge in [-0.3, -0.25) is 9.36 Å². The molecule has 4 aromatic rings. The summed E-state index contributed by atoms with van der Waals surface area (Å²) in [7, 11) is 0. The highest BCUT2D eigenvalue weighted by atomic mass is 35.5. The first-order valence-electron chi connectivity index (χ1n) is 8.49. The van der Waals surface area contributed by atoms with Gasteiger partial charge in [-0.1, -0.05) is 48.0 Å². The van der Waals surface area contributed by atoms with Gasteiger partial charge in [0.05, 0.1) is 11.7 Å². The topological polar surface area (TPSA) is 98.8 Å². The minimum atomic E-state index is -0.148. The Kier molecular flexibility index (Phi) is 4.55. The third-order valence-electron chi connectivity index (χ3n) is 4.41. The summed E-state index contributed by atoms with van der Waals surface area (Å²) in [5, 5.41) is 10.7. The van der Waals surface area contributed by atoms with Crippen LogP contribution >= 0.6 is 11.6 Å². The fourth-order valence-electron chi connectivity index (χ4n) is 3.20. The lowest BCUT2D eigenvalue weighted by molar-refractivity contribution is 0.0966. The minimum Gasteiger partial charge on any atom is -0.369 e. The van der Waals surface area contributed by atoms with Crippen molar-refractivity contribution in [2.45, 2.75) is 0 Å². The highest BCUT2D eigenvalue weighted by Crippen LogP contribution is 2.27. The number of hydrogen-bond acceptors (Lipinski definition) is 3. The Morgan fingerprint density at radius 1 is 1.00 bits per heavy atom. The molecule has 1 heterocycles. The number of guanidine groups is 1. The molecule has 0 aliphatic carbocycles. The van der Waals surface area contributed by atoms with Crippen LogP contribution in [0.3, 0.4) is 0 Å². The Labute approximate surface area is 165 Å². The molecule has 0 bridgehead atoms. The van der Waals surface area contributed by atoms with Crippen LogP contribution in [-0.2, 0) is 0 Å². The first kappa shape index (κ1) is 17.8. The number of rotatable bonds is 3. The van der Waals surface area contributed by atoms with Crippen molar-refractivity contribution in [1.82, 2.24) is 4.57 Å². The average molecular weight is 390 g/mol. The number of carbonyl (C=O) groups excluding carboxylic acids is 1. The number of aromatic nitrogens is 1. The van der Waals surface area contributed by atoms with E-state index in [1.165, 1.54) is 6.21 Å². The zero-order valence-corrected chi connectivity index (χ0v) is 15.5. The molecule has 0 saturated heterocycles. The number of carbonyl (C=O) groups is 1. The predicted molar refractivity (Wildman–Crippen MR) is 114 cm³/mol. The van der Waals surface area contributed by atoms with Gasteiger partial charge in [0.1, 0.15) is 0 Å². The van der Waals surface area contributed by atoms with E-state index in [0.29, 0.717) is 21.7 Å². The van der Waals surface area contributed by atoms with Crippen LogP contribution in [0, 0.1) is 0 Å². The molecular weight excluding hydrogens is 374 g/mol. The first-order valence-corrected chi connectivity index (χ1v) is 8.87. The number of hydrogen-bond donors (Lipinski definition) is 2. The van der Waals surface area contributed by atoms with Gasteiger partial charge in [-0.2, -0.15) is 5.10 Å². The lowest BCUT2D eigenvalue weighted by atomic mass is 10.0. The van der Waals surface area contributed by atoms with Crippen molar-refractivity contribution < 1.29 is 4.79 Å². The Morgan fingerprint density at radius 2 is 1.79 bits per heavy atom. The van der Waals surface area contributed by atoms with Gasteiger partial charge in [-0.25, -0.2) is 0 Å². The molecule has 0 fully saturated rings. The van der Waals surface area contributed by atoms with Gasteiger partial charge in [0.2, 0.25) is 5.96 Å². The van der Waals surface area contributed by atoms with E-state index in [-0.39, 0.29) is 11.9 Å². The highest BCUT2D eigenvalue weighted by molar-refractivity contribution is 6.31. The summed E-state index contributed by atoms with van der Waals surface area (Å²) in [6.45, 7) is 0. The molecule has 138 valence electrons. The van der Waals surface area contributed by atoms with Crippen LogP contribution < -0.4 is 11.5 Å². The fourth-order valence-corrected chi connectivity index (χ4v) is 3.37. The van der Waals surface area contributed by atoms with Gasteiger partial charge < -0.3 is 11.5 Å². The highest BCUT2D eigenvalue weighted by Gasteiger charge is 2.17. The number of nitrogens with two attached hydrogens (primary N) is 2. The number of halogens is 1. The summed E-state index contributed by atoms with van der Waals surface area (Å²) < 4.78 is 1.59. The van der Waals surface area contributed by atoms with Crippen molar-refractivity contribution in [3.05, 3.63) is 83.0 Å². The van der Waals surface area contributed by atoms with Gasteiger partial charge in [-0.15, -0.1) is 5.10 Å². The third kappa shape index (κ3) is 3.21. The standard InChI is InChI=1S/C21H16ClN5O/c22-15-8-9-19-18(10-15)14(11-25-26-21(23)24)12-27(19)20(28)17-7-3-5-13-4-1-2-6-16(13)17/h1-12H,(H4,23,24,26). The van der Waals surface area contributed by atoms with E-state index in [4.69, 9.17) is 23.1 Å². The number of benzene rings is 3. The molecule has 28 heavy (non-hydrogen) atoms. The largest absolute Gasteiger partial charge is 0.369 e. The number of nitrogens with zero attached hydrogens (tertiary/aromatic N) is 3. The summed E-state index contributed by atoms with van der Waals surface area (Å²) in [6, 6.07) is 18.8. The second-order valence-corrected chi connectivity index (χ2v) is 6.65. The van der Waals surface area contributed by atoms with Crippen molar-refractivity contribution in [3.63, 3.8) is 0 Å². The van der Waals surface area contributed by atoms with E-state index in [9.17, 15) is 4.79 Å². The molecule has 0 radical (unpaired) electrons. The summed E-state index contributed by atoms with van der Waals surface area (Å²) >= 11 is 6.15. The van der Waals surface area contributed by atoms with Crippen molar-refractivity contribution in [3.8, 4) is 0 Å². The molecular formula is C21H16ClN5O. The molecule has 4 N–H and O–H groups in total. The van der Waals surface area contributed by atoms with E-state index in [1.54, 1.807) is 29.0 Å². The van der Waals surface area contributed by atoms with E-state index in [0.717, 1.165) is 16.2 Å². The van der Waals surface area contributed by atoms with E-state index >= 15 is 0 Å². The minimum absolute atomic E-state index is 0.148. The van der Waals surface area contributed by atoms with Crippen LogP contribution in [0.25, 0.3) is 21.7 Å². The normalized spacial score (nSPS) is 11.3. The number of fused-ring (bicyclic) bond motifs is 2. The summed E-state index contributed by atoms with van der Waals surface area (Å²) in [4.78, 5) is 13.4. The molecule has 0 aliphatic heterocycles.